The topological polar surface area (TPSA) is 82.5 Å². The van der Waals surface area contributed by atoms with Crippen molar-refractivity contribution in [3.05, 3.63) is 30.5 Å². The molecule has 126 valence electrons. The van der Waals surface area contributed by atoms with Crippen LogP contribution in [-0.2, 0) is 10.0 Å². The SMILES string of the molecule is CCC(C)n1nccc1NS(=O)(=O)c1ccc(OC)c(OC)c1. The molecule has 2 rings (SSSR count). The molecule has 0 bridgehead atoms. The van der Waals surface area contributed by atoms with Crippen LogP contribution in [0.5, 0.6) is 11.5 Å². The number of benzene rings is 1. The molecule has 1 N–H and O–H groups in total. The monoisotopic (exact) mass is 339 g/mol. The molecule has 1 aromatic heterocycles. The minimum Gasteiger partial charge on any atom is -0.493 e. The third kappa shape index (κ3) is 3.58. The van der Waals surface area contributed by atoms with E-state index in [1.165, 1.54) is 26.4 Å². The van der Waals surface area contributed by atoms with Gasteiger partial charge in [0.1, 0.15) is 5.82 Å². The molecule has 0 saturated heterocycles. The highest BCUT2D eigenvalue weighted by Gasteiger charge is 2.20. The van der Waals surface area contributed by atoms with Crippen molar-refractivity contribution in [2.24, 2.45) is 0 Å². The minimum atomic E-state index is -3.75. The first-order chi connectivity index (χ1) is 10.9. The van der Waals surface area contributed by atoms with Crippen LogP contribution in [0.15, 0.2) is 35.4 Å². The van der Waals surface area contributed by atoms with E-state index >= 15 is 0 Å². The normalized spacial score (nSPS) is 12.7. The summed E-state index contributed by atoms with van der Waals surface area (Å²) in [6.45, 7) is 3.99. The van der Waals surface area contributed by atoms with Crippen molar-refractivity contribution in [3.8, 4) is 11.5 Å². The molecule has 8 heteroatoms. The summed E-state index contributed by atoms with van der Waals surface area (Å²) < 4.78 is 39.7. The second-order valence-electron chi connectivity index (χ2n) is 5.04. The Labute approximate surface area is 136 Å². The maximum absolute atomic E-state index is 12.6. The number of nitrogens with one attached hydrogen (secondary N) is 1. The summed E-state index contributed by atoms with van der Waals surface area (Å²) in [6.07, 6.45) is 2.41. The number of hydrogen-bond acceptors (Lipinski definition) is 5. The smallest absolute Gasteiger partial charge is 0.263 e. The summed E-state index contributed by atoms with van der Waals surface area (Å²) in [6, 6.07) is 6.16. The summed E-state index contributed by atoms with van der Waals surface area (Å²) in [5, 5.41) is 4.17. The van der Waals surface area contributed by atoms with E-state index < -0.39 is 10.0 Å². The van der Waals surface area contributed by atoms with Gasteiger partial charge in [0.2, 0.25) is 0 Å². The summed E-state index contributed by atoms with van der Waals surface area (Å²) in [5.74, 6) is 1.25. The van der Waals surface area contributed by atoms with Gasteiger partial charge in [-0.25, -0.2) is 13.1 Å². The van der Waals surface area contributed by atoms with Crippen molar-refractivity contribution in [2.75, 3.05) is 18.9 Å². The van der Waals surface area contributed by atoms with Crippen LogP contribution >= 0.6 is 0 Å². The largest absolute Gasteiger partial charge is 0.493 e. The molecule has 0 radical (unpaired) electrons. The van der Waals surface area contributed by atoms with Gasteiger partial charge in [0, 0.05) is 12.1 Å². The average molecular weight is 339 g/mol. The Morgan fingerprint density at radius 1 is 1.22 bits per heavy atom. The summed E-state index contributed by atoms with van der Waals surface area (Å²) >= 11 is 0. The van der Waals surface area contributed by atoms with Gasteiger partial charge in [0.25, 0.3) is 10.0 Å². The maximum atomic E-state index is 12.6. The average Bonchev–Trinajstić information content (AvgIpc) is 3.00. The second-order valence-corrected chi connectivity index (χ2v) is 6.72. The van der Waals surface area contributed by atoms with Crippen LogP contribution in [0.1, 0.15) is 26.3 Å². The van der Waals surface area contributed by atoms with Crippen LogP contribution in [-0.4, -0.2) is 32.4 Å². The lowest BCUT2D eigenvalue weighted by atomic mass is 10.3. The minimum absolute atomic E-state index is 0.0899. The molecule has 23 heavy (non-hydrogen) atoms. The number of aromatic nitrogens is 2. The van der Waals surface area contributed by atoms with Crippen LogP contribution < -0.4 is 14.2 Å². The van der Waals surface area contributed by atoms with Crippen molar-refractivity contribution < 1.29 is 17.9 Å². The number of hydrogen-bond donors (Lipinski definition) is 1. The van der Waals surface area contributed by atoms with E-state index in [9.17, 15) is 8.42 Å². The van der Waals surface area contributed by atoms with Gasteiger partial charge in [-0.3, -0.25) is 4.72 Å². The summed E-state index contributed by atoms with van der Waals surface area (Å²) in [5.41, 5.74) is 0. The van der Waals surface area contributed by atoms with Crippen molar-refractivity contribution in [2.45, 2.75) is 31.2 Å². The first kappa shape index (κ1) is 17.1. The van der Waals surface area contributed by atoms with Gasteiger partial charge in [0.15, 0.2) is 11.5 Å². The van der Waals surface area contributed by atoms with Gasteiger partial charge in [-0.1, -0.05) is 6.92 Å². The first-order valence-electron chi connectivity index (χ1n) is 7.21. The van der Waals surface area contributed by atoms with Gasteiger partial charge in [-0.15, -0.1) is 0 Å². The van der Waals surface area contributed by atoms with Crippen molar-refractivity contribution in [3.63, 3.8) is 0 Å². The molecule has 1 aromatic carbocycles. The van der Waals surface area contributed by atoms with E-state index in [0.717, 1.165) is 6.42 Å². The van der Waals surface area contributed by atoms with Crippen LogP contribution in [0.25, 0.3) is 0 Å². The van der Waals surface area contributed by atoms with Gasteiger partial charge < -0.3 is 9.47 Å². The quantitative estimate of drug-likeness (QED) is 0.838. The fraction of sp³-hybridized carbons (Fsp3) is 0.400. The van der Waals surface area contributed by atoms with Crippen LogP contribution in [0.4, 0.5) is 5.82 Å². The molecule has 7 nitrogen and oxygen atoms in total. The van der Waals surface area contributed by atoms with Gasteiger partial charge in [-0.2, -0.15) is 5.10 Å². The highest BCUT2D eigenvalue weighted by atomic mass is 32.2. The number of rotatable bonds is 7. The van der Waals surface area contributed by atoms with Crippen LogP contribution in [0.2, 0.25) is 0 Å². The van der Waals surface area contributed by atoms with E-state index in [2.05, 4.69) is 9.82 Å². The lowest BCUT2D eigenvalue weighted by Gasteiger charge is -2.15. The predicted octanol–water partition coefficient (Wildman–Crippen LogP) is 2.67. The van der Waals surface area contributed by atoms with Crippen LogP contribution in [0.3, 0.4) is 0 Å². The molecule has 1 atom stereocenters. The molecular weight excluding hydrogens is 318 g/mol. The number of nitrogens with zero attached hydrogens (tertiary/aromatic N) is 2. The lowest BCUT2D eigenvalue weighted by Crippen LogP contribution is -2.18. The van der Waals surface area contributed by atoms with E-state index in [1.54, 1.807) is 23.0 Å². The highest BCUT2D eigenvalue weighted by molar-refractivity contribution is 7.92. The molecule has 1 heterocycles. The van der Waals surface area contributed by atoms with Crippen molar-refractivity contribution >= 4 is 15.8 Å². The second kappa shape index (κ2) is 6.91. The van der Waals surface area contributed by atoms with E-state index in [4.69, 9.17) is 9.47 Å². The standard InChI is InChI=1S/C15H21N3O4S/c1-5-11(2)18-15(8-9-16-18)17-23(19,20)12-6-7-13(21-3)14(10-12)22-4/h6-11,17H,5H2,1-4H3. The number of anilines is 1. The van der Waals surface area contributed by atoms with E-state index in [-0.39, 0.29) is 10.9 Å². The van der Waals surface area contributed by atoms with Gasteiger partial charge in [0.05, 0.1) is 31.4 Å². The Bertz CT molecular complexity index is 771. The third-order valence-electron chi connectivity index (χ3n) is 3.58. The molecule has 1 unspecified atom stereocenters. The first-order valence-corrected chi connectivity index (χ1v) is 8.69. The molecule has 0 saturated carbocycles. The fourth-order valence-electron chi connectivity index (χ4n) is 2.10. The zero-order chi connectivity index (χ0) is 17.0. The van der Waals surface area contributed by atoms with Crippen LogP contribution in [0, 0.1) is 0 Å². The Balaban J connectivity index is 2.35. The van der Waals surface area contributed by atoms with Gasteiger partial charge in [-0.05, 0) is 25.5 Å². The Morgan fingerprint density at radius 3 is 2.52 bits per heavy atom. The Hall–Kier alpha value is -2.22. The van der Waals surface area contributed by atoms with Crippen molar-refractivity contribution in [1.29, 1.82) is 0 Å². The molecule has 0 aliphatic rings. The molecular formula is C15H21N3O4S. The molecule has 2 aromatic rings. The molecule has 0 spiro atoms. The maximum Gasteiger partial charge on any atom is 0.263 e. The summed E-state index contributed by atoms with van der Waals surface area (Å²) in [7, 11) is -0.798. The molecule has 0 fully saturated rings. The third-order valence-corrected chi connectivity index (χ3v) is 4.94. The van der Waals surface area contributed by atoms with E-state index in [0.29, 0.717) is 17.3 Å². The fourth-order valence-corrected chi connectivity index (χ4v) is 3.16. The highest BCUT2D eigenvalue weighted by Crippen LogP contribution is 2.30. The predicted molar refractivity (Wildman–Crippen MR) is 87.6 cm³/mol. The zero-order valence-electron chi connectivity index (χ0n) is 13.6. The van der Waals surface area contributed by atoms with E-state index in [1.807, 2.05) is 13.8 Å². The van der Waals surface area contributed by atoms with Gasteiger partial charge >= 0.3 is 0 Å². The van der Waals surface area contributed by atoms with Crippen molar-refractivity contribution in [1.82, 2.24) is 9.78 Å². The Morgan fingerprint density at radius 2 is 1.91 bits per heavy atom. The molecule has 0 aliphatic heterocycles. The summed E-state index contributed by atoms with van der Waals surface area (Å²) in [4.78, 5) is 0.0899. The molecule has 0 aliphatic carbocycles. The lowest BCUT2D eigenvalue weighted by molar-refractivity contribution is 0.354. The Kier molecular flexibility index (Phi) is 5.15. The molecule has 0 amide bonds. The zero-order valence-corrected chi connectivity index (χ0v) is 14.4. The number of ether oxygens (including phenoxy) is 2. The number of methoxy groups -OCH3 is 2. The number of sulfonamides is 1.